The van der Waals surface area contributed by atoms with E-state index >= 15 is 0 Å². The average Bonchev–Trinajstić information content (AvgIpc) is 3.42. The molecule has 2 bridgehead atoms. The summed E-state index contributed by atoms with van der Waals surface area (Å²) in [4.78, 5) is 47.9. The van der Waals surface area contributed by atoms with Crippen molar-refractivity contribution in [2.45, 2.75) is 25.2 Å². The van der Waals surface area contributed by atoms with Crippen molar-refractivity contribution in [1.82, 2.24) is 19.7 Å². The Morgan fingerprint density at radius 1 is 1.19 bits per heavy atom. The van der Waals surface area contributed by atoms with Crippen LogP contribution in [0.15, 0.2) is 36.7 Å². The average molecular weight is 426 g/mol. The fourth-order valence-corrected chi connectivity index (χ4v) is 5.24. The summed E-state index contributed by atoms with van der Waals surface area (Å²) >= 11 is 0. The standard InChI is InChI=1S/C22H26N4O5/c1-2-30-21(29)25-11-9-24(10-12-25)19(27)17-16-3-6-22(31-16)14-26(20(28)18(17)22)13-15-4-7-23-8-5-15/h3-8,16-18H,2,9-14H2,1H3/t16-,17?,18?,22-/m0/s1. The van der Waals surface area contributed by atoms with Gasteiger partial charge in [-0.3, -0.25) is 14.6 Å². The van der Waals surface area contributed by atoms with E-state index in [2.05, 4.69) is 4.98 Å². The zero-order chi connectivity index (χ0) is 21.6. The van der Waals surface area contributed by atoms with Crippen molar-refractivity contribution in [1.29, 1.82) is 0 Å². The van der Waals surface area contributed by atoms with Gasteiger partial charge in [0.1, 0.15) is 5.60 Å². The van der Waals surface area contributed by atoms with Crippen LogP contribution in [-0.2, 0) is 25.6 Å². The lowest BCUT2D eigenvalue weighted by atomic mass is 9.76. The third-order valence-corrected chi connectivity index (χ3v) is 6.70. The first-order valence-corrected chi connectivity index (χ1v) is 10.8. The van der Waals surface area contributed by atoms with E-state index in [-0.39, 0.29) is 24.0 Å². The Balaban J connectivity index is 1.29. The molecule has 0 N–H and O–H groups in total. The molecule has 5 heterocycles. The highest BCUT2D eigenvalue weighted by Gasteiger charge is 2.67. The van der Waals surface area contributed by atoms with Gasteiger partial charge in [-0.2, -0.15) is 0 Å². The van der Waals surface area contributed by atoms with E-state index in [1.165, 1.54) is 0 Å². The van der Waals surface area contributed by atoms with Crippen LogP contribution in [0.5, 0.6) is 0 Å². The number of ether oxygens (including phenoxy) is 2. The third-order valence-electron chi connectivity index (χ3n) is 6.70. The number of carbonyl (C=O) groups excluding carboxylic acids is 3. The van der Waals surface area contributed by atoms with Crippen molar-refractivity contribution in [3.63, 3.8) is 0 Å². The van der Waals surface area contributed by atoms with E-state index in [0.717, 1.165) is 5.56 Å². The fourth-order valence-electron chi connectivity index (χ4n) is 5.24. The molecule has 1 aromatic heterocycles. The van der Waals surface area contributed by atoms with Crippen molar-refractivity contribution in [3.05, 3.63) is 42.2 Å². The normalized spacial score (nSPS) is 31.3. The molecular weight excluding hydrogens is 400 g/mol. The smallest absolute Gasteiger partial charge is 0.409 e. The molecule has 0 aliphatic carbocycles. The Morgan fingerprint density at radius 3 is 2.61 bits per heavy atom. The zero-order valence-electron chi connectivity index (χ0n) is 17.5. The van der Waals surface area contributed by atoms with E-state index in [9.17, 15) is 14.4 Å². The summed E-state index contributed by atoms with van der Waals surface area (Å²) in [6, 6.07) is 3.78. The Morgan fingerprint density at radius 2 is 1.90 bits per heavy atom. The lowest BCUT2D eigenvalue weighted by Gasteiger charge is -2.36. The van der Waals surface area contributed by atoms with Gasteiger partial charge in [-0.05, 0) is 24.6 Å². The van der Waals surface area contributed by atoms with Gasteiger partial charge in [-0.1, -0.05) is 12.2 Å². The van der Waals surface area contributed by atoms with Gasteiger partial charge in [0.2, 0.25) is 11.8 Å². The van der Waals surface area contributed by atoms with Crippen molar-refractivity contribution in [2.24, 2.45) is 11.8 Å². The van der Waals surface area contributed by atoms with Crippen LogP contribution in [0.4, 0.5) is 4.79 Å². The largest absolute Gasteiger partial charge is 0.450 e. The molecule has 4 aliphatic heterocycles. The summed E-state index contributed by atoms with van der Waals surface area (Å²) in [6.45, 7) is 4.73. The van der Waals surface area contributed by atoms with Gasteiger partial charge < -0.3 is 24.2 Å². The number of hydrogen-bond donors (Lipinski definition) is 0. The molecule has 0 aromatic carbocycles. The molecule has 3 amide bonds. The molecular formula is C22H26N4O5. The van der Waals surface area contributed by atoms with Crippen LogP contribution in [0.3, 0.4) is 0 Å². The Hall–Kier alpha value is -2.94. The molecule has 9 heteroatoms. The summed E-state index contributed by atoms with van der Waals surface area (Å²) in [6.07, 6.45) is 6.59. The minimum absolute atomic E-state index is 0.0350. The minimum atomic E-state index is -0.720. The van der Waals surface area contributed by atoms with Crippen LogP contribution >= 0.6 is 0 Å². The number of amides is 3. The third kappa shape index (κ3) is 3.27. The van der Waals surface area contributed by atoms with E-state index in [1.54, 1.807) is 34.0 Å². The second-order valence-corrected chi connectivity index (χ2v) is 8.46. The predicted octanol–water partition coefficient (Wildman–Crippen LogP) is 0.664. The number of carbonyl (C=O) groups is 3. The van der Waals surface area contributed by atoms with E-state index < -0.39 is 17.4 Å². The van der Waals surface area contributed by atoms with Crippen molar-refractivity contribution >= 4 is 17.9 Å². The van der Waals surface area contributed by atoms with Gasteiger partial charge >= 0.3 is 6.09 Å². The molecule has 1 aromatic rings. The molecule has 3 fully saturated rings. The van der Waals surface area contributed by atoms with Crippen molar-refractivity contribution < 1.29 is 23.9 Å². The van der Waals surface area contributed by atoms with Gasteiger partial charge in [-0.15, -0.1) is 0 Å². The van der Waals surface area contributed by atoms with Gasteiger partial charge in [0.15, 0.2) is 0 Å². The lowest BCUT2D eigenvalue weighted by Crippen LogP contribution is -2.54. The molecule has 0 saturated carbocycles. The molecule has 2 unspecified atom stereocenters. The SMILES string of the molecule is CCOC(=O)N1CCN(C(=O)C2C3C(=O)N(Cc4ccncc4)C[C@@]34C=C[C@@H]2O4)CC1. The molecule has 3 saturated heterocycles. The molecule has 0 radical (unpaired) electrons. The van der Waals surface area contributed by atoms with Crippen LogP contribution in [0.2, 0.25) is 0 Å². The number of likely N-dealkylation sites (tertiary alicyclic amines) is 1. The van der Waals surface area contributed by atoms with E-state index in [0.29, 0.717) is 45.9 Å². The Labute approximate surface area is 180 Å². The molecule has 5 rings (SSSR count). The van der Waals surface area contributed by atoms with Crippen LogP contribution in [0.1, 0.15) is 12.5 Å². The first kappa shape index (κ1) is 20.0. The van der Waals surface area contributed by atoms with Crippen molar-refractivity contribution in [2.75, 3.05) is 39.3 Å². The van der Waals surface area contributed by atoms with Crippen LogP contribution in [-0.4, -0.2) is 88.6 Å². The second-order valence-electron chi connectivity index (χ2n) is 8.46. The van der Waals surface area contributed by atoms with Gasteiger partial charge in [0.05, 0.1) is 31.1 Å². The molecule has 4 aliphatic rings. The summed E-state index contributed by atoms with van der Waals surface area (Å²) in [5.74, 6) is -1.12. The summed E-state index contributed by atoms with van der Waals surface area (Å²) in [5, 5.41) is 0. The van der Waals surface area contributed by atoms with Gasteiger partial charge in [0, 0.05) is 45.1 Å². The van der Waals surface area contributed by atoms with Crippen molar-refractivity contribution in [3.8, 4) is 0 Å². The highest BCUT2D eigenvalue weighted by Crippen LogP contribution is 2.52. The fraction of sp³-hybridized carbons (Fsp3) is 0.545. The maximum Gasteiger partial charge on any atom is 0.409 e. The summed E-state index contributed by atoms with van der Waals surface area (Å²) < 4.78 is 11.3. The zero-order valence-corrected chi connectivity index (χ0v) is 17.5. The Bertz CT molecular complexity index is 914. The molecule has 31 heavy (non-hydrogen) atoms. The van der Waals surface area contributed by atoms with Gasteiger partial charge in [-0.25, -0.2) is 4.79 Å². The number of piperazine rings is 1. The number of pyridine rings is 1. The van der Waals surface area contributed by atoms with Gasteiger partial charge in [0.25, 0.3) is 0 Å². The minimum Gasteiger partial charge on any atom is -0.450 e. The molecule has 9 nitrogen and oxygen atoms in total. The van der Waals surface area contributed by atoms with E-state index in [1.807, 2.05) is 24.3 Å². The number of nitrogens with zero attached hydrogens (tertiary/aromatic N) is 4. The quantitative estimate of drug-likeness (QED) is 0.657. The van der Waals surface area contributed by atoms with Crippen LogP contribution in [0.25, 0.3) is 0 Å². The lowest BCUT2D eigenvalue weighted by molar-refractivity contribution is -0.144. The van der Waals surface area contributed by atoms with E-state index in [4.69, 9.17) is 9.47 Å². The maximum absolute atomic E-state index is 13.4. The highest BCUT2D eigenvalue weighted by atomic mass is 16.6. The number of aromatic nitrogens is 1. The second kappa shape index (κ2) is 7.64. The summed E-state index contributed by atoms with van der Waals surface area (Å²) in [5.41, 5.74) is 0.276. The molecule has 4 atom stereocenters. The first-order valence-electron chi connectivity index (χ1n) is 10.8. The maximum atomic E-state index is 13.4. The monoisotopic (exact) mass is 426 g/mol. The topological polar surface area (TPSA) is 92.3 Å². The number of hydrogen-bond acceptors (Lipinski definition) is 6. The molecule has 1 spiro atoms. The predicted molar refractivity (Wildman–Crippen MR) is 109 cm³/mol. The summed E-state index contributed by atoms with van der Waals surface area (Å²) in [7, 11) is 0. The molecule has 164 valence electrons. The van der Waals surface area contributed by atoms with Crippen LogP contribution < -0.4 is 0 Å². The number of rotatable bonds is 4. The first-order chi connectivity index (χ1) is 15.0. The van der Waals surface area contributed by atoms with Crippen LogP contribution in [0, 0.1) is 11.8 Å². The Kier molecular flexibility index (Phi) is 4.92. The highest BCUT2D eigenvalue weighted by molar-refractivity contribution is 5.93. The number of fused-ring (bicyclic) bond motifs is 1.